The molecule has 3 aliphatic heterocycles. The van der Waals surface area contributed by atoms with Crippen molar-refractivity contribution < 1.29 is 37.1 Å². The monoisotopic (exact) mass is 1000 g/mol. The summed E-state index contributed by atoms with van der Waals surface area (Å²) in [5.41, 5.74) is 4.51. The van der Waals surface area contributed by atoms with Crippen molar-refractivity contribution in [1.29, 1.82) is 0 Å². The minimum atomic E-state index is -4.69. The Morgan fingerprint density at radius 2 is 1.75 bits per heavy atom. The molecule has 0 radical (unpaired) electrons. The van der Waals surface area contributed by atoms with Crippen molar-refractivity contribution in [1.82, 2.24) is 19.6 Å². The Kier molecular flexibility index (Phi) is 13.9. The molecule has 1 spiro atoms. The van der Waals surface area contributed by atoms with E-state index in [1.165, 1.54) is 42.9 Å². The SMILES string of the molecule is COCCOc1nc2[nH]ccc2cc1Oc1cc(N2CCC3(CC2)CC(N2CCC[C@H]2c2ccccc2C(C)C)C3)ccc1C(=O)NS(=O)(=O)c1cc2c(c([N+](=O)[O-])c1)NC(CC1CCC(C)(C)CC1)CO2. The molecule has 10 rings (SSSR count). The van der Waals surface area contributed by atoms with Crippen LogP contribution in [0.1, 0.15) is 132 Å². The van der Waals surface area contributed by atoms with Gasteiger partial charge in [-0.05, 0) is 135 Å². The van der Waals surface area contributed by atoms with Gasteiger partial charge < -0.3 is 34.1 Å². The molecule has 2 saturated carbocycles. The number of piperidine rings is 1. The van der Waals surface area contributed by atoms with Gasteiger partial charge in [0.2, 0.25) is 0 Å². The molecule has 384 valence electrons. The molecule has 1 amide bonds. The summed E-state index contributed by atoms with van der Waals surface area (Å²) in [6, 6.07) is 20.8. The Labute approximate surface area is 422 Å². The number of sulfonamides is 1. The topological polar surface area (TPSA) is 190 Å². The van der Waals surface area contributed by atoms with Crippen LogP contribution in [0.2, 0.25) is 0 Å². The van der Waals surface area contributed by atoms with Crippen LogP contribution in [0, 0.1) is 26.9 Å². The molecule has 5 heterocycles. The fourth-order valence-corrected chi connectivity index (χ4v) is 13.2. The number of benzene rings is 3. The largest absolute Gasteiger partial charge is 0.489 e. The number of nitrogens with one attached hydrogen (secondary N) is 3. The zero-order valence-electron chi connectivity index (χ0n) is 42.2. The van der Waals surface area contributed by atoms with Crippen LogP contribution in [0.15, 0.2) is 77.8 Å². The number of pyridine rings is 1. The summed E-state index contributed by atoms with van der Waals surface area (Å²) in [6.45, 7) is 12.6. The third-order valence-electron chi connectivity index (χ3n) is 16.3. The van der Waals surface area contributed by atoms with E-state index in [9.17, 15) is 23.3 Å². The van der Waals surface area contributed by atoms with E-state index in [0.29, 0.717) is 35.0 Å². The number of aromatic amines is 1. The molecule has 1 unspecified atom stereocenters. The molecule has 72 heavy (non-hydrogen) atoms. The summed E-state index contributed by atoms with van der Waals surface area (Å²) in [6.07, 6.45) is 13.7. The van der Waals surface area contributed by atoms with Crippen molar-refractivity contribution in [3.63, 3.8) is 0 Å². The lowest BCUT2D eigenvalue weighted by Crippen LogP contribution is -2.54. The zero-order valence-corrected chi connectivity index (χ0v) is 43.0. The van der Waals surface area contributed by atoms with E-state index >= 15 is 0 Å². The molecule has 3 aromatic carbocycles. The van der Waals surface area contributed by atoms with Crippen LogP contribution < -0.4 is 29.1 Å². The highest BCUT2D eigenvalue weighted by molar-refractivity contribution is 7.90. The third-order valence-corrected chi connectivity index (χ3v) is 17.7. The van der Waals surface area contributed by atoms with Crippen molar-refractivity contribution >= 4 is 44.0 Å². The normalized spacial score (nSPS) is 21.2. The highest BCUT2D eigenvalue weighted by atomic mass is 32.2. The van der Waals surface area contributed by atoms with Gasteiger partial charge in [-0.25, -0.2) is 13.1 Å². The van der Waals surface area contributed by atoms with E-state index in [4.69, 9.17) is 18.9 Å². The first-order chi connectivity index (χ1) is 34.6. The molecule has 5 aliphatic rings. The standard InChI is InChI=1S/C55H69N7O9S/c1-35(2)42-9-6-7-10-43(42)45-11-8-22-61(45)40-32-55(33-40)19-23-60(24-20-55)39-12-13-44(47(29-39)71-49-28-37-16-21-56-51(37)58-53(49)69-26-25-68-5)52(63)59-72(66,67)41-30-46(62(64)65)50-48(31-41)70-34-38(57-50)27-36-14-17-54(3,4)18-15-36/h6-7,9-10,12-13,16,21,28-31,35-36,38,40,45,57H,8,11,14-15,17-20,22-27,32-34H2,1-5H3,(H,56,58)(H,59,63)/t38?,45-/m0/s1. The maximum absolute atomic E-state index is 14.4. The number of nitrogens with zero attached hydrogens (tertiary/aromatic N) is 4. The number of hydrogen-bond donors (Lipinski definition) is 3. The second-order valence-corrected chi connectivity index (χ2v) is 23.7. The fraction of sp³-hybridized carbons (Fsp3) is 0.527. The molecular weight excluding hydrogens is 935 g/mol. The van der Waals surface area contributed by atoms with E-state index in [1.807, 2.05) is 12.1 Å². The van der Waals surface area contributed by atoms with Gasteiger partial charge in [0.25, 0.3) is 27.5 Å². The van der Waals surface area contributed by atoms with Gasteiger partial charge in [0.05, 0.1) is 28.0 Å². The van der Waals surface area contributed by atoms with Crippen LogP contribution >= 0.6 is 0 Å². The molecule has 2 aromatic heterocycles. The molecule has 5 aromatic rings. The summed E-state index contributed by atoms with van der Waals surface area (Å²) in [4.78, 5) is 38.6. The number of carbonyl (C=O) groups excluding carboxylic acids is 1. The van der Waals surface area contributed by atoms with E-state index < -0.39 is 31.4 Å². The number of H-pyrrole nitrogens is 1. The number of ether oxygens (including phenoxy) is 4. The van der Waals surface area contributed by atoms with E-state index in [1.54, 1.807) is 31.5 Å². The minimum absolute atomic E-state index is 0.0356. The second kappa shape index (κ2) is 20.2. The first kappa shape index (κ1) is 49.7. The van der Waals surface area contributed by atoms with Crippen molar-refractivity contribution in [3.05, 3.63) is 99.7 Å². The predicted octanol–water partition coefficient (Wildman–Crippen LogP) is 10.9. The lowest BCUT2D eigenvalue weighted by molar-refractivity contribution is -0.384. The van der Waals surface area contributed by atoms with Crippen LogP contribution in [-0.4, -0.2) is 92.8 Å². The number of aromatic nitrogens is 2. The summed E-state index contributed by atoms with van der Waals surface area (Å²) in [5, 5.41) is 16.5. The van der Waals surface area contributed by atoms with Gasteiger partial charge in [-0.15, -0.1) is 0 Å². The summed E-state index contributed by atoms with van der Waals surface area (Å²) >= 11 is 0. The average molecular weight is 1000 g/mol. The lowest BCUT2D eigenvalue weighted by Gasteiger charge is -2.56. The van der Waals surface area contributed by atoms with Crippen LogP contribution in [-0.2, 0) is 14.8 Å². The minimum Gasteiger partial charge on any atom is -0.489 e. The van der Waals surface area contributed by atoms with E-state index in [-0.39, 0.29) is 65.7 Å². The molecule has 2 saturated heterocycles. The second-order valence-electron chi connectivity index (χ2n) is 22.1. The van der Waals surface area contributed by atoms with E-state index in [2.05, 4.69) is 81.8 Å². The number of carbonyl (C=O) groups is 1. The zero-order chi connectivity index (χ0) is 50.4. The van der Waals surface area contributed by atoms with Gasteiger partial charge >= 0.3 is 0 Å². The summed E-state index contributed by atoms with van der Waals surface area (Å²) in [5.74, 6) is 0.430. The van der Waals surface area contributed by atoms with Gasteiger partial charge in [0.15, 0.2) is 17.2 Å². The summed E-state index contributed by atoms with van der Waals surface area (Å²) < 4.78 is 54.4. The Morgan fingerprint density at radius 3 is 2.50 bits per heavy atom. The van der Waals surface area contributed by atoms with Gasteiger partial charge in [-0.3, -0.25) is 19.8 Å². The lowest BCUT2D eigenvalue weighted by atomic mass is 9.59. The number of methoxy groups -OCH3 is 1. The Morgan fingerprint density at radius 1 is 0.972 bits per heavy atom. The Bertz CT molecular complexity index is 2910. The van der Waals surface area contributed by atoms with Crippen LogP contribution in [0.3, 0.4) is 0 Å². The number of amides is 1. The number of hydrogen-bond acceptors (Lipinski definition) is 13. The van der Waals surface area contributed by atoms with Crippen LogP contribution in [0.5, 0.6) is 23.1 Å². The highest BCUT2D eigenvalue weighted by Gasteiger charge is 2.50. The van der Waals surface area contributed by atoms with Crippen molar-refractivity contribution in [2.75, 3.05) is 56.8 Å². The summed E-state index contributed by atoms with van der Waals surface area (Å²) in [7, 11) is -3.13. The number of nitro benzene ring substituents is 1. The predicted molar refractivity (Wildman–Crippen MR) is 277 cm³/mol. The molecular formula is C55H69N7O9S. The average Bonchev–Trinajstić information content (AvgIpc) is 4.03. The fourth-order valence-electron chi connectivity index (χ4n) is 12.2. The van der Waals surface area contributed by atoms with Crippen molar-refractivity contribution in [2.45, 2.75) is 127 Å². The van der Waals surface area contributed by atoms with Crippen molar-refractivity contribution in [2.24, 2.45) is 16.7 Å². The number of rotatable bonds is 16. The number of likely N-dealkylation sites (tertiary alicyclic amines) is 1. The maximum Gasteiger partial charge on any atom is 0.297 e. The van der Waals surface area contributed by atoms with Gasteiger partial charge in [-0.2, -0.15) is 4.98 Å². The molecule has 17 heteroatoms. The Hall–Kier alpha value is -5.91. The first-order valence-corrected chi connectivity index (χ1v) is 27.4. The molecule has 16 nitrogen and oxygen atoms in total. The number of nitro groups is 1. The Balaban J connectivity index is 0.880. The third kappa shape index (κ3) is 10.3. The molecule has 2 atom stereocenters. The maximum atomic E-state index is 14.4. The van der Waals surface area contributed by atoms with Gasteiger partial charge in [0, 0.05) is 67.8 Å². The molecule has 4 fully saturated rings. The van der Waals surface area contributed by atoms with Gasteiger partial charge in [0.1, 0.15) is 24.6 Å². The quantitative estimate of drug-likeness (QED) is 0.0481. The molecule has 0 bridgehead atoms. The highest BCUT2D eigenvalue weighted by Crippen LogP contribution is 2.54. The number of anilines is 2. The number of fused-ring (bicyclic) bond motifs is 2. The van der Waals surface area contributed by atoms with Crippen molar-refractivity contribution in [3.8, 4) is 23.1 Å². The van der Waals surface area contributed by atoms with Gasteiger partial charge in [-0.1, -0.05) is 52.0 Å². The molecule has 3 N–H and O–H groups in total. The molecule has 2 aliphatic carbocycles. The first-order valence-electron chi connectivity index (χ1n) is 25.9. The van der Waals surface area contributed by atoms with Crippen LogP contribution in [0.4, 0.5) is 17.1 Å². The van der Waals surface area contributed by atoms with E-state index in [0.717, 1.165) is 81.7 Å². The smallest absolute Gasteiger partial charge is 0.297 e. The van der Waals surface area contributed by atoms with Crippen LogP contribution in [0.25, 0.3) is 11.0 Å².